The molecule has 15 nitrogen and oxygen atoms in total. The van der Waals surface area contributed by atoms with Crippen LogP contribution >= 0.6 is 15.6 Å². The van der Waals surface area contributed by atoms with Gasteiger partial charge >= 0.3 is 15.6 Å². The summed E-state index contributed by atoms with van der Waals surface area (Å²) in [5.41, 5.74) is 5.03. The first-order valence-electron chi connectivity index (χ1n) is 7.25. The summed E-state index contributed by atoms with van der Waals surface area (Å²) in [5, 5.41) is 10.1. The van der Waals surface area contributed by atoms with Gasteiger partial charge in [0.1, 0.15) is 12.3 Å². The molecule has 0 aliphatic carbocycles. The number of nitrogens with two attached hydrogens (primary N) is 1. The zero-order chi connectivity index (χ0) is 20.0. The molecule has 4 atom stereocenters. The molecule has 27 heavy (non-hydrogen) atoms. The van der Waals surface area contributed by atoms with Gasteiger partial charge in [-0.15, -0.1) is 0 Å². The number of H-pyrrole nitrogens is 1. The van der Waals surface area contributed by atoms with Crippen LogP contribution in [0.1, 0.15) is 12.6 Å². The van der Waals surface area contributed by atoms with Crippen LogP contribution in [0.25, 0.3) is 11.2 Å². The van der Waals surface area contributed by atoms with Crippen LogP contribution in [-0.2, 0) is 22.7 Å². The number of aliphatic hydroxyl groups is 1. The number of phosphoric acid groups is 2. The SMILES string of the molecule is Nc1nc2c(ncn2[C@H]2C[C@H](O)[C@@H](COP(=O)(O)OP(=O)(O)O)O2)c(=O)[nH]1. The van der Waals surface area contributed by atoms with Crippen molar-refractivity contribution in [3.63, 3.8) is 0 Å². The van der Waals surface area contributed by atoms with Gasteiger partial charge in [0, 0.05) is 6.42 Å². The van der Waals surface area contributed by atoms with Crippen molar-refractivity contribution < 1.29 is 42.5 Å². The third-order valence-corrected chi connectivity index (χ3v) is 5.73. The van der Waals surface area contributed by atoms with Gasteiger partial charge < -0.3 is 30.3 Å². The third kappa shape index (κ3) is 4.60. The first-order valence-corrected chi connectivity index (χ1v) is 10.3. The van der Waals surface area contributed by atoms with Crippen molar-refractivity contribution in [2.75, 3.05) is 12.3 Å². The first kappa shape index (κ1) is 20.1. The molecule has 1 saturated heterocycles. The van der Waals surface area contributed by atoms with Crippen LogP contribution in [0.2, 0.25) is 0 Å². The van der Waals surface area contributed by atoms with Gasteiger partial charge in [-0.25, -0.2) is 14.1 Å². The number of hydrogen-bond acceptors (Lipinski definition) is 10. The number of imidazole rings is 1. The van der Waals surface area contributed by atoms with Crippen LogP contribution in [-0.4, -0.2) is 58.1 Å². The summed E-state index contributed by atoms with van der Waals surface area (Å²) in [7, 11) is -10.3. The summed E-state index contributed by atoms with van der Waals surface area (Å²) in [6.45, 7) is -0.700. The molecular weight excluding hydrogens is 412 g/mol. The molecule has 2 aromatic rings. The second-order valence-corrected chi connectivity index (χ2v) is 8.37. The van der Waals surface area contributed by atoms with E-state index in [9.17, 15) is 23.9 Å². The molecule has 0 saturated carbocycles. The van der Waals surface area contributed by atoms with Gasteiger partial charge in [0.05, 0.1) is 19.0 Å². The van der Waals surface area contributed by atoms with Gasteiger partial charge in [0.25, 0.3) is 5.56 Å². The molecule has 2 aromatic heterocycles. The zero-order valence-corrected chi connectivity index (χ0v) is 15.1. The fourth-order valence-corrected chi connectivity index (χ4v) is 4.11. The Bertz CT molecular complexity index is 1000. The average molecular weight is 427 g/mol. The normalized spacial score (nSPS) is 25.7. The molecule has 0 radical (unpaired) electrons. The van der Waals surface area contributed by atoms with Gasteiger partial charge in [0.15, 0.2) is 11.2 Å². The standard InChI is InChI=1S/C10H15N5O10P2/c11-10-13-8-7(9(17)14-10)12-3-15(8)6-1-4(16)5(24-6)2-23-27(21,22)25-26(18,19)20/h3-6,16H,1-2H2,(H,21,22)(H2,18,19,20)(H3,11,13,14,17)/t4-,5+,6+/m0/s1. The highest BCUT2D eigenvalue weighted by molar-refractivity contribution is 7.60. The molecule has 3 rings (SSSR count). The third-order valence-electron chi connectivity index (χ3n) is 3.58. The Morgan fingerprint density at radius 2 is 2.11 bits per heavy atom. The number of aromatic nitrogens is 4. The Morgan fingerprint density at radius 1 is 1.41 bits per heavy atom. The fraction of sp³-hybridized carbons (Fsp3) is 0.500. The Hall–Kier alpha value is -1.67. The van der Waals surface area contributed by atoms with Gasteiger partial charge in [-0.05, 0) is 0 Å². The molecule has 150 valence electrons. The number of nitrogens with one attached hydrogen (secondary N) is 1. The van der Waals surface area contributed by atoms with Gasteiger partial charge in [0.2, 0.25) is 5.95 Å². The Kier molecular flexibility index (Phi) is 5.24. The van der Waals surface area contributed by atoms with E-state index in [0.29, 0.717) is 0 Å². The van der Waals surface area contributed by atoms with Crippen molar-refractivity contribution in [3.8, 4) is 0 Å². The highest BCUT2D eigenvalue weighted by Crippen LogP contribution is 2.57. The maximum atomic E-state index is 11.8. The largest absolute Gasteiger partial charge is 0.481 e. The van der Waals surface area contributed by atoms with E-state index in [0.717, 1.165) is 0 Å². The number of fused-ring (bicyclic) bond motifs is 1. The number of rotatable bonds is 6. The molecule has 1 unspecified atom stereocenters. The second kappa shape index (κ2) is 7.05. The minimum Gasteiger partial charge on any atom is -0.390 e. The lowest BCUT2D eigenvalue weighted by Crippen LogP contribution is -2.26. The minimum absolute atomic E-state index is 0.00288. The highest BCUT2D eigenvalue weighted by atomic mass is 31.3. The van der Waals surface area contributed by atoms with Crippen LogP contribution in [0, 0.1) is 0 Å². The quantitative estimate of drug-likeness (QED) is 0.291. The van der Waals surface area contributed by atoms with Crippen LogP contribution < -0.4 is 11.3 Å². The molecule has 0 spiro atoms. The van der Waals surface area contributed by atoms with E-state index in [4.69, 9.17) is 20.3 Å². The molecule has 1 aliphatic heterocycles. The molecule has 1 aliphatic rings. The molecule has 0 bridgehead atoms. The lowest BCUT2D eigenvalue weighted by atomic mass is 10.2. The second-order valence-electron chi connectivity index (χ2n) is 5.54. The summed E-state index contributed by atoms with van der Waals surface area (Å²) in [6, 6.07) is 0. The number of ether oxygens (including phenoxy) is 1. The Morgan fingerprint density at radius 3 is 2.78 bits per heavy atom. The topological polar surface area (TPSA) is 232 Å². The fourth-order valence-electron chi connectivity index (χ4n) is 2.52. The minimum atomic E-state index is -5.26. The summed E-state index contributed by atoms with van der Waals surface area (Å²) < 4.78 is 37.0. The van der Waals surface area contributed by atoms with Gasteiger partial charge in [-0.2, -0.15) is 9.29 Å². The van der Waals surface area contributed by atoms with Crippen molar-refractivity contribution in [2.24, 2.45) is 0 Å². The molecule has 7 N–H and O–H groups in total. The Balaban J connectivity index is 1.73. The van der Waals surface area contributed by atoms with Crippen molar-refractivity contribution in [1.29, 1.82) is 0 Å². The number of aliphatic hydroxyl groups excluding tert-OH is 1. The smallest absolute Gasteiger partial charge is 0.390 e. The van der Waals surface area contributed by atoms with Crippen molar-refractivity contribution in [1.82, 2.24) is 19.5 Å². The highest BCUT2D eigenvalue weighted by Gasteiger charge is 2.39. The van der Waals surface area contributed by atoms with Crippen molar-refractivity contribution in [3.05, 3.63) is 16.7 Å². The molecule has 17 heteroatoms. The summed E-state index contributed by atoms with van der Waals surface area (Å²) in [4.78, 5) is 48.3. The van der Waals surface area contributed by atoms with Crippen molar-refractivity contribution >= 4 is 32.8 Å². The number of nitrogen functional groups attached to an aromatic ring is 1. The number of nitrogens with zero attached hydrogens (tertiary/aromatic N) is 3. The monoisotopic (exact) mass is 427 g/mol. The molecule has 1 fully saturated rings. The number of aromatic amines is 1. The van der Waals surface area contributed by atoms with Crippen LogP contribution in [0.3, 0.4) is 0 Å². The number of anilines is 1. The van der Waals surface area contributed by atoms with Crippen molar-refractivity contribution in [2.45, 2.75) is 24.9 Å². The maximum Gasteiger partial charge on any atom is 0.481 e. The molecule has 0 aromatic carbocycles. The van der Waals surface area contributed by atoms with E-state index in [1.54, 1.807) is 0 Å². The molecular formula is C10H15N5O10P2. The van der Waals surface area contributed by atoms with Crippen LogP contribution in [0.5, 0.6) is 0 Å². The predicted molar refractivity (Wildman–Crippen MR) is 86.0 cm³/mol. The van der Waals surface area contributed by atoms with E-state index in [1.807, 2.05) is 0 Å². The number of hydrogen-bond donors (Lipinski definition) is 6. The maximum absolute atomic E-state index is 11.8. The van der Waals surface area contributed by atoms with E-state index in [2.05, 4.69) is 23.8 Å². The molecule has 3 heterocycles. The number of phosphoric ester groups is 1. The first-order chi connectivity index (χ1) is 12.5. The Labute approximate surface area is 149 Å². The predicted octanol–water partition coefficient (Wildman–Crippen LogP) is -1.42. The zero-order valence-electron chi connectivity index (χ0n) is 13.3. The van der Waals surface area contributed by atoms with Crippen LogP contribution in [0.4, 0.5) is 5.95 Å². The lowest BCUT2D eigenvalue weighted by molar-refractivity contribution is -0.0423. The lowest BCUT2D eigenvalue weighted by Gasteiger charge is -2.18. The van der Waals surface area contributed by atoms with Crippen LogP contribution in [0.15, 0.2) is 11.1 Å². The summed E-state index contributed by atoms with van der Waals surface area (Å²) >= 11 is 0. The van der Waals surface area contributed by atoms with Gasteiger partial charge in [-0.3, -0.25) is 18.9 Å². The van der Waals surface area contributed by atoms with Gasteiger partial charge in [-0.1, -0.05) is 0 Å². The van der Waals surface area contributed by atoms with E-state index < -0.39 is 46.2 Å². The summed E-state index contributed by atoms with van der Waals surface area (Å²) in [6.07, 6.45) is -1.91. The summed E-state index contributed by atoms with van der Waals surface area (Å²) in [5.74, 6) is -0.150. The van der Waals surface area contributed by atoms with E-state index in [1.165, 1.54) is 10.9 Å². The molecule has 0 amide bonds. The average Bonchev–Trinajstić information content (AvgIpc) is 3.06. The van der Waals surface area contributed by atoms with E-state index in [-0.39, 0.29) is 23.5 Å². The van der Waals surface area contributed by atoms with E-state index >= 15 is 0 Å².